The Morgan fingerprint density at radius 1 is 1.25 bits per heavy atom. The van der Waals surface area contributed by atoms with Gasteiger partial charge in [0.1, 0.15) is 0 Å². The smallest absolute Gasteiger partial charge is 0.0462 e. The molecule has 0 bridgehead atoms. The summed E-state index contributed by atoms with van der Waals surface area (Å²) in [5.41, 5.74) is 6.39. The molecular weight excluding hydrogens is 150 g/mol. The molecule has 0 amide bonds. The third kappa shape index (κ3) is 3.11. The van der Waals surface area contributed by atoms with Crippen molar-refractivity contribution >= 4 is 0 Å². The largest absolute Gasteiger partial charge is 0.385 e. The van der Waals surface area contributed by atoms with Crippen LogP contribution in [0.1, 0.15) is 44.9 Å². The van der Waals surface area contributed by atoms with Crippen LogP contribution in [0.4, 0.5) is 0 Å². The van der Waals surface area contributed by atoms with Crippen LogP contribution in [0.3, 0.4) is 0 Å². The second kappa shape index (κ2) is 4.83. The number of unbranched alkanes of at least 4 members (excludes halogenated alkanes) is 1. The van der Waals surface area contributed by atoms with Crippen LogP contribution in [0, 0.1) is 0 Å². The van der Waals surface area contributed by atoms with Gasteiger partial charge in [0.05, 0.1) is 0 Å². The van der Waals surface area contributed by atoms with Crippen molar-refractivity contribution in [2.45, 2.75) is 50.5 Å². The maximum Gasteiger partial charge on any atom is 0.0462 e. The zero-order valence-corrected chi connectivity index (χ0v) is 8.14. The summed E-state index contributed by atoms with van der Waals surface area (Å²) in [5, 5.41) is 0. The van der Waals surface area contributed by atoms with Crippen LogP contribution in [0.5, 0.6) is 0 Å². The number of nitrogens with two attached hydrogens (primary N) is 1. The number of rotatable bonds is 5. The molecule has 0 spiro atoms. The first-order valence-electron chi connectivity index (χ1n) is 5.05. The molecule has 1 aliphatic carbocycles. The van der Waals surface area contributed by atoms with E-state index in [0.717, 1.165) is 13.0 Å². The topological polar surface area (TPSA) is 35.2 Å². The Labute approximate surface area is 75.5 Å². The second-order valence-electron chi connectivity index (χ2n) is 4.02. The average molecular weight is 171 g/mol. The van der Waals surface area contributed by atoms with Crippen molar-refractivity contribution in [3.05, 3.63) is 0 Å². The Hall–Kier alpha value is -0.0800. The highest BCUT2D eigenvalue weighted by Gasteiger charge is 2.27. The highest BCUT2D eigenvalue weighted by Crippen LogP contribution is 2.31. The molecule has 0 heterocycles. The molecule has 1 fully saturated rings. The fourth-order valence-electron chi connectivity index (χ4n) is 2.05. The van der Waals surface area contributed by atoms with Crippen LogP contribution in [-0.2, 0) is 4.74 Å². The van der Waals surface area contributed by atoms with E-state index in [1.165, 1.54) is 38.5 Å². The molecule has 0 aliphatic heterocycles. The maximum absolute atomic E-state index is 6.20. The van der Waals surface area contributed by atoms with Crippen molar-refractivity contribution in [2.75, 3.05) is 13.7 Å². The van der Waals surface area contributed by atoms with Crippen molar-refractivity contribution in [3.8, 4) is 0 Å². The SMILES string of the molecule is COCCCCC1(N)CCCC1. The lowest BCUT2D eigenvalue weighted by atomic mass is 9.92. The molecule has 0 radical (unpaired) electrons. The Balaban J connectivity index is 2.05. The molecule has 0 aromatic heterocycles. The van der Waals surface area contributed by atoms with Gasteiger partial charge in [0.25, 0.3) is 0 Å². The van der Waals surface area contributed by atoms with Gasteiger partial charge in [0.2, 0.25) is 0 Å². The van der Waals surface area contributed by atoms with Crippen LogP contribution < -0.4 is 5.73 Å². The summed E-state index contributed by atoms with van der Waals surface area (Å²) in [4.78, 5) is 0. The molecule has 1 rings (SSSR count). The van der Waals surface area contributed by atoms with Crippen LogP contribution in [-0.4, -0.2) is 19.3 Å². The van der Waals surface area contributed by atoms with E-state index in [0.29, 0.717) is 0 Å². The van der Waals surface area contributed by atoms with Gasteiger partial charge in [0, 0.05) is 19.3 Å². The summed E-state index contributed by atoms with van der Waals surface area (Å²) in [6.07, 6.45) is 8.72. The zero-order chi connectivity index (χ0) is 8.86. The third-order valence-electron chi connectivity index (χ3n) is 2.87. The number of hydrogen-bond acceptors (Lipinski definition) is 2. The Kier molecular flexibility index (Phi) is 4.02. The van der Waals surface area contributed by atoms with Crippen molar-refractivity contribution in [3.63, 3.8) is 0 Å². The predicted molar refractivity (Wildman–Crippen MR) is 51.1 cm³/mol. The molecule has 0 aromatic carbocycles. The zero-order valence-electron chi connectivity index (χ0n) is 8.14. The number of methoxy groups -OCH3 is 1. The first-order chi connectivity index (χ1) is 5.77. The molecule has 0 aromatic rings. The summed E-state index contributed by atoms with van der Waals surface area (Å²) in [6.45, 7) is 0.885. The lowest BCUT2D eigenvalue weighted by molar-refractivity contribution is 0.189. The van der Waals surface area contributed by atoms with Gasteiger partial charge in [-0.25, -0.2) is 0 Å². The molecule has 12 heavy (non-hydrogen) atoms. The van der Waals surface area contributed by atoms with Gasteiger partial charge in [-0.3, -0.25) is 0 Å². The molecule has 1 aliphatic rings. The normalized spacial score (nSPS) is 21.5. The summed E-state index contributed by atoms with van der Waals surface area (Å²) < 4.78 is 5.00. The molecule has 2 heteroatoms. The van der Waals surface area contributed by atoms with E-state index >= 15 is 0 Å². The minimum Gasteiger partial charge on any atom is -0.385 e. The van der Waals surface area contributed by atoms with Crippen molar-refractivity contribution in [2.24, 2.45) is 5.73 Å². The van der Waals surface area contributed by atoms with Gasteiger partial charge in [-0.15, -0.1) is 0 Å². The van der Waals surface area contributed by atoms with E-state index < -0.39 is 0 Å². The summed E-state index contributed by atoms with van der Waals surface area (Å²) >= 11 is 0. The Morgan fingerprint density at radius 2 is 1.92 bits per heavy atom. The summed E-state index contributed by atoms with van der Waals surface area (Å²) in [5.74, 6) is 0. The third-order valence-corrected chi connectivity index (χ3v) is 2.87. The van der Waals surface area contributed by atoms with Crippen LogP contribution in [0.2, 0.25) is 0 Å². The van der Waals surface area contributed by atoms with E-state index in [1.807, 2.05) is 0 Å². The minimum atomic E-state index is 0.188. The van der Waals surface area contributed by atoms with Crippen molar-refractivity contribution < 1.29 is 4.74 Å². The maximum atomic E-state index is 6.20. The van der Waals surface area contributed by atoms with Crippen molar-refractivity contribution in [1.29, 1.82) is 0 Å². The fourth-order valence-corrected chi connectivity index (χ4v) is 2.05. The molecule has 72 valence electrons. The van der Waals surface area contributed by atoms with Crippen molar-refractivity contribution in [1.82, 2.24) is 0 Å². The highest BCUT2D eigenvalue weighted by molar-refractivity contribution is 4.88. The molecule has 2 N–H and O–H groups in total. The molecule has 2 nitrogen and oxygen atoms in total. The quantitative estimate of drug-likeness (QED) is 0.643. The van der Waals surface area contributed by atoms with Crippen LogP contribution >= 0.6 is 0 Å². The summed E-state index contributed by atoms with van der Waals surface area (Å²) in [7, 11) is 1.76. The van der Waals surface area contributed by atoms with Crippen LogP contribution in [0.15, 0.2) is 0 Å². The van der Waals surface area contributed by atoms with Gasteiger partial charge < -0.3 is 10.5 Å². The lowest BCUT2D eigenvalue weighted by Crippen LogP contribution is -2.36. The number of ether oxygens (including phenoxy) is 1. The van der Waals surface area contributed by atoms with Crippen LogP contribution in [0.25, 0.3) is 0 Å². The molecular formula is C10H21NO. The van der Waals surface area contributed by atoms with Gasteiger partial charge in [0.15, 0.2) is 0 Å². The Morgan fingerprint density at radius 3 is 2.50 bits per heavy atom. The Bertz CT molecular complexity index is 119. The van der Waals surface area contributed by atoms with Gasteiger partial charge in [-0.1, -0.05) is 12.8 Å². The second-order valence-corrected chi connectivity index (χ2v) is 4.02. The molecule has 1 saturated carbocycles. The highest BCUT2D eigenvalue weighted by atomic mass is 16.5. The van der Waals surface area contributed by atoms with E-state index in [9.17, 15) is 0 Å². The monoisotopic (exact) mass is 171 g/mol. The van der Waals surface area contributed by atoms with Gasteiger partial charge in [-0.05, 0) is 32.1 Å². The standard InChI is InChI=1S/C10H21NO/c1-12-9-5-4-8-10(11)6-2-3-7-10/h2-9,11H2,1H3. The summed E-state index contributed by atoms with van der Waals surface area (Å²) in [6, 6.07) is 0. The molecule has 0 unspecified atom stereocenters. The minimum absolute atomic E-state index is 0.188. The van der Waals surface area contributed by atoms with E-state index in [1.54, 1.807) is 7.11 Å². The average Bonchev–Trinajstić information content (AvgIpc) is 2.47. The van der Waals surface area contributed by atoms with E-state index in [4.69, 9.17) is 10.5 Å². The molecule has 0 saturated heterocycles. The van der Waals surface area contributed by atoms with E-state index in [2.05, 4.69) is 0 Å². The first-order valence-corrected chi connectivity index (χ1v) is 5.05. The van der Waals surface area contributed by atoms with Gasteiger partial charge in [-0.2, -0.15) is 0 Å². The first kappa shape index (κ1) is 10.0. The lowest BCUT2D eigenvalue weighted by Gasteiger charge is -2.22. The number of hydrogen-bond donors (Lipinski definition) is 1. The molecule has 0 atom stereocenters. The predicted octanol–water partition coefficient (Wildman–Crippen LogP) is 2.07. The fraction of sp³-hybridized carbons (Fsp3) is 1.00. The van der Waals surface area contributed by atoms with E-state index in [-0.39, 0.29) is 5.54 Å². The van der Waals surface area contributed by atoms with Gasteiger partial charge >= 0.3 is 0 Å².